The second-order valence-electron chi connectivity index (χ2n) is 4.77. The summed E-state index contributed by atoms with van der Waals surface area (Å²) in [7, 11) is 1.57. The summed E-state index contributed by atoms with van der Waals surface area (Å²) in [6.45, 7) is 0. The molecule has 1 heterocycles. The van der Waals surface area contributed by atoms with E-state index in [1.54, 1.807) is 35.9 Å². The van der Waals surface area contributed by atoms with Crippen LogP contribution in [0.5, 0.6) is 5.75 Å². The van der Waals surface area contributed by atoms with Gasteiger partial charge in [0.15, 0.2) is 0 Å². The molecule has 6 heteroatoms. The van der Waals surface area contributed by atoms with E-state index in [0.29, 0.717) is 16.5 Å². The van der Waals surface area contributed by atoms with Crippen molar-refractivity contribution >= 4 is 50.9 Å². The maximum atomic E-state index is 12.4. The topological polar surface area (TPSA) is 29.5 Å². The van der Waals surface area contributed by atoms with E-state index in [9.17, 15) is 4.79 Å². The summed E-state index contributed by atoms with van der Waals surface area (Å²) >= 11 is 11.4. The molecule has 22 heavy (non-hydrogen) atoms. The lowest BCUT2D eigenvalue weighted by molar-refractivity contribution is -0.115. The number of carbonyl (C=O) groups is 1. The second-order valence-corrected chi connectivity index (χ2v) is 7.10. The van der Waals surface area contributed by atoms with Gasteiger partial charge < -0.3 is 4.74 Å². The number of thioether (sulfide) groups is 1. The molecule has 0 unspecified atom stereocenters. The Morgan fingerprint density at radius 3 is 2.77 bits per heavy atom. The van der Waals surface area contributed by atoms with Crippen LogP contribution in [0.15, 0.2) is 46.9 Å². The summed E-state index contributed by atoms with van der Waals surface area (Å²) in [6, 6.07) is 13.4. The van der Waals surface area contributed by atoms with E-state index in [1.807, 2.05) is 30.3 Å². The summed E-state index contributed by atoms with van der Waals surface area (Å²) in [5.74, 6) is 1.13. The summed E-state index contributed by atoms with van der Waals surface area (Å²) in [5, 5.41) is 0.433. The molecule has 1 fully saturated rings. The number of methoxy groups -OCH3 is 1. The molecule has 1 amide bonds. The van der Waals surface area contributed by atoms with E-state index in [2.05, 4.69) is 15.9 Å². The number of hydrogen-bond donors (Lipinski definition) is 0. The third-order valence-corrected chi connectivity index (χ3v) is 5.66. The molecular formula is C16H13BrClNO2S. The normalized spacial score (nSPS) is 17.9. The van der Waals surface area contributed by atoms with Crippen LogP contribution in [-0.2, 0) is 4.79 Å². The van der Waals surface area contributed by atoms with Crippen molar-refractivity contribution < 1.29 is 9.53 Å². The van der Waals surface area contributed by atoms with Crippen LogP contribution in [0.3, 0.4) is 0 Å². The van der Waals surface area contributed by atoms with Crippen LogP contribution in [0.4, 0.5) is 5.69 Å². The number of hydrogen-bond acceptors (Lipinski definition) is 3. The molecule has 1 saturated heterocycles. The molecule has 0 spiro atoms. The molecule has 0 saturated carbocycles. The molecule has 2 aromatic rings. The predicted octanol–water partition coefficient (Wildman–Crippen LogP) is 4.89. The van der Waals surface area contributed by atoms with Gasteiger partial charge in [0, 0.05) is 10.2 Å². The first-order valence-corrected chi connectivity index (χ1v) is 8.85. The molecule has 2 aromatic carbocycles. The van der Waals surface area contributed by atoms with Gasteiger partial charge in [-0.25, -0.2) is 0 Å². The van der Waals surface area contributed by atoms with Gasteiger partial charge >= 0.3 is 0 Å². The Balaban J connectivity index is 2.01. The van der Waals surface area contributed by atoms with Crippen molar-refractivity contribution in [1.82, 2.24) is 0 Å². The van der Waals surface area contributed by atoms with E-state index < -0.39 is 0 Å². The van der Waals surface area contributed by atoms with Crippen LogP contribution in [0.2, 0.25) is 5.02 Å². The van der Waals surface area contributed by atoms with E-state index in [4.69, 9.17) is 16.3 Å². The van der Waals surface area contributed by atoms with Crippen LogP contribution in [0.25, 0.3) is 0 Å². The van der Waals surface area contributed by atoms with E-state index in [0.717, 1.165) is 15.7 Å². The molecule has 0 N–H and O–H groups in total. The molecule has 0 radical (unpaired) electrons. The standard InChI is InChI=1S/C16H13BrClNO2S/c1-21-14-7-6-10(8-13(14)18)19-15(20)9-22-16(19)11-4-2-3-5-12(11)17/h2-8,16H,9H2,1H3/t16-/m1/s1. The maximum Gasteiger partial charge on any atom is 0.238 e. The van der Waals surface area contributed by atoms with E-state index in [-0.39, 0.29) is 11.3 Å². The molecule has 1 aliphatic rings. The molecule has 3 nitrogen and oxygen atoms in total. The Bertz CT molecular complexity index is 725. The summed E-state index contributed by atoms with van der Waals surface area (Å²) in [5.41, 5.74) is 1.85. The van der Waals surface area contributed by atoms with Crippen LogP contribution < -0.4 is 9.64 Å². The number of halogens is 2. The fraction of sp³-hybridized carbons (Fsp3) is 0.188. The molecule has 114 valence electrons. The Morgan fingerprint density at radius 2 is 2.09 bits per heavy atom. The molecule has 1 aliphatic heterocycles. The Morgan fingerprint density at radius 1 is 1.32 bits per heavy atom. The van der Waals surface area contributed by atoms with Crippen molar-refractivity contribution in [1.29, 1.82) is 0 Å². The number of benzene rings is 2. The molecule has 0 bridgehead atoms. The first-order valence-electron chi connectivity index (χ1n) is 6.63. The number of ether oxygens (including phenoxy) is 1. The molecule has 1 atom stereocenters. The van der Waals surface area contributed by atoms with Gasteiger partial charge in [-0.1, -0.05) is 45.7 Å². The zero-order chi connectivity index (χ0) is 15.7. The maximum absolute atomic E-state index is 12.4. The van der Waals surface area contributed by atoms with Crippen molar-refractivity contribution in [3.05, 3.63) is 57.5 Å². The zero-order valence-electron chi connectivity index (χ0n) is 11.8. The quantitative estimate of drug-likeness (QED) is 0.737. The van der Waals surface area contributed by atoms with Crippen LogP contribution in [-0.4, -0.2) is 18.8 Å². The Hall–Kier alpha value is -1.17. The third-order valence-electron chi connectivity index (χ3n) is 3.45. The molecule has 0 aromatic heterocycles. The smallest absolute Gasteiger partial charge is 0.238 e. The largest absolute Gasteiger partial charge is 0.495 e. The minimum atomic E-state index is -0.0625. The lowest BCUT2D eigenvalue weighted by Crippen LogP contribution is -2.27. The van der Waals surface area contributed by atoms with Crippen molar-refractivity contribution in [3.63, 3.8) is 0 Å². The molecule has 3 rings (SSSR count). The van der Waals surface area contributed by atoms with E-state index >= 15 is 0 Å². The SMILES string of the molecule is COc1ccc(N2C(=O)CS[C@@H]2c2ccccc2Br)cc1Cl. The highest BCUT2D eigenvalue weighted by molar-refractivity contribution is 9.10. The molecule has 0 aliphatic carbocycles. The number of rotatable bonds is 3. The average Bonchev–Trinajstić information content (AvgIpc) is 2.89. The van der Waals surface area contributed by atoms with Gasteiger partial charge in [-0.3, -0.25) is 9.69 Å². The van der Waals surface area contributed by atoms with Gasteiger partial charge in [-0.15, -0.1) is 11.8 Å². The van der Waals surface area contributed by atoms with Crippen LogP contribution >= 0.6 is 39.3 Å². The van der Waals surface area contributed by atoms with Crippen LogP contribution in [0.1, 0.15) is 10.9 Å². The van der Waals surface area contributed by atoms with Crippen LogP contribution in [0, 0.1) is 0 Å². The predicted molar refractivity (Wildman–Crippen MR) is 94.8 cm³/mol. The first-order chi connectivity index (χ1) is 10.6. The lowest BCUT2D eigenvalue weighted by atomic mass is 10.2. The summed E-state index contributed by atoms with van der Waals surface area (Å²) < 4.78 is 6.16. The fourth-order valence-corrected chi connectivity index (χ4v) is 4.53. The number of amides is 1. The van der Waals surface area contributed by atoms with Gasteiger partial charge in [0.2, 0.25) is 5.91 Å². The fourth-order valence-electron chi connectivity index (χ4n) is 2.41. The Labute approximate surface area is 146 Å². The zero-order valence-corrected chi connectivity index (χ0v) is 14.9. The van der Waals surface area contributed by atoms with Crippen molar-refractivity contribution in [2.75, 3.05) is 17.8 Å². The highest BCUT2D eigenvalue weighted by atomic mass is 79.9. The minimum Gasteiger partial charge on any atom is -0.495 e. The highest BCUT2D eigenvalue weighted by Crippen LogP contribution is 2.45. The number of nitrogens with zero attached hydrogens (tertiary/aromatic N) is 1. The number of anilines is 1. The van der Waals surface area contributed by atoms with Gasteiger partial charge in [-0.2, -0.15) is 0 Å². The van der Waals surface area contributed by atoms with Gasteiger partial charge in [0.1, 0.15) is 11.1 Å². The summed E-state index contributed by atoms with van der Waals surface area (Å²) in [6.07, 6.45) is 0. The average molecular weight is 399 g/mol. The highest BCUT2D eigenvalue weighted by Gasteiger charge is 2.35. The van der Waals surface area contributed by atoms with Gasteiger partial charge in [0.25, 0.3) is 0 Å². The minimum absolute atomic E-state index is 0.0625. The summed E-state index contributed by atoms with van der Waals surface area (Å²) in [4.78, 5) is 14.1. The van der Waals surface area contributed by atoms with Crippen molar-refractivity contribution in [3.8, 4) is 5.75 Å². The second kappa shape index (κ2) is 6.52. The van der Waals surface area contributed by atoms with E-state index in [1.165, 1.54) is 0 Å². The van der Waals surface area contributed by atoms with Crippen molar-refractivity contribution in [2.45, 2.75) is 5.37 Å². The third kappa shape index (κ3) is 2.85. The first kappa shape index (κ1) is 15.7. The van der Waals surface area contributed by atoms with Crippen molar-refractivity contribution in [2.24, 2.45) is 0 Å². The lowest BCUT2D eigenvalue weighted by Gasteiger charge is -2.25. The Kier molecular flexibility index (Phi) is 4.66. The van der Waals surface area contributed by atoms with Gasteiger partial charge in [-0.05, 0) is 29.8 Å². The van der Waals surface area contributed by atoms with Gasteiger partial charge in [0.05, 0.1) is 17.9 Å². The number of carbonyl (C=O) groups excluding carboxylic acids is 1. The molecular weight excluding hydrogens is 386 g/mol. The monoisotopic (exact) mass is 397 g/mol.